The molecule has 2 aromatic rings. The number of carbonyl (C=O) groups is 3. The van der Waals surface area contributed by atoms with Crippen molar-refractivity contribution in [2.45, 2.75) is 32.0 Å². The molecule has 2 N–H and O–H groups in total. The van der Waals surface area contributed by atoms with E-state index >= 15 is 0 Å². The fourth-order valence-corrected chi connectivity index (χ4v) is 5.66. The highest BCUT2D eigenvalue weighted by atomic mass is 35.5. The van der Waals surface area contributed by atoms with Crippen LogP contribution in [-0.2, 0) is 26.5 Å². The highest BCUT2D eigenvalue weighted by Gasteiger charge is 2.70. The predicted octanol–water partition coefficient (Wildman–Crippen LogP) is 3.57. The molecule has 0 bridgehead atoms. The zero-order chi connectivity index (χ0) is 22.1. The lowest BCUT2D eigenvalue weighted by molar-refractivity contribution is -0.143. The predicted molar refractivity (Wildman–Crippen MR) is 118 cm³/mol. The first-order valence-electron chi connectivity index (χ1n) is 10.2. The summed E-state index contributed by atoms with van der Waals surface area (Å²) in [5.74, 6) is -2.45. The molecule has 3 amide bonds. The van der Waals surface area contributed by atoms with Crippen LogP contribution < -0.4 is 10.6 Å². The van der Waals surface area contributed by atoms with Gasteiger partial charge in [0.15, 0.2) is 0 Å². The molecule has 6 nitrogen and oxygen atoms in total. The topological polar surface area (TPSA) is 78.5 Å². The second-order valence-corrected chi connectivity index (χ2v) is 9.57. The van der Waals surface area contributed by atoms with Gasteiger partial charge in [-0.15, -0.1) is 0 Å². The highest BCUT2D eigenvalue weighted by Crippen LogP contribution is 2.54. The van der Waals surface area contributed by atoms with Gasteiger partial charge in [-0.2, -0.15) is 0 Å². The van der Waals surface area contributed by atoms with E-state index in [1.165, 1.54) is 4.90 Å². The van der Waals surface area contributed by atoms with Crippen molar-refractivity contribution in [2.24, 2.45) is 17.8 Å². The largest absolute Gasteiger partial charge is 0.324 e. The van der Waals surface area contributed by atoms with Crippen molar-refractivity contribution in [3.05, 3.63) is 63.6 Å². The summed E-state index contributed by atoms with van der Waals surface area (Å²) in [4.78, 5) is 41.8. The third kappa shape index (κ3) is 2.78. The number of amides is 3. The Kier molecular flexibility index (Phi) is 4.66. The summed E-state index contributed by atoms with van der Waals surface area (Å²) in [6, 6.07) is 11.9. The Bertz CT molecular complexity index is 1130. The van der Waals surface area contributed by atoms with Crippen molar-refractivity contribution >= 4 is 46.6 Å². The maximum atomic E-state index is 13.7. The molecule has 0 radical (unpaired) electrons. The Balaban J connectivity index is 1.63. The number of anilines is 1. The molecule has 2 aromatic carbocycles. The average Bonchev–Trinajstić information content (AvgIpc) is 3.31. The molecule has 0 aromatic heterocycles. The van der Waals surface area contributed by atoms with Crippen molar-refractivity contribution in [3.63, 3.8) is 0 Å². The van der Waals surface area contributed by atoms with Gasteiger partial charge in [-0.1, -0.05) is 55.2 Å². The third-order valence-electron chi connectivity index (χ3n) is 6.71. The summed E-state index contributed by atoms with van der Waals surface area (Å²) >= 11 is 12.5. The van der Waals surface area contributed by atoms with E-state index in [-0.39, 0.29) is 36.2 Å². The number of rotatable bonds is 3. The van der Waals surface area contributed by atoms with E-state index in [9.17, 15) is 14.4 Å². The number of fused-ring (bicyclic) bond motifs is 4. The van der Waals surface area contributed by atoms with Gasteiger partial charge in [-0.05, 0) is 35.7 Å². The molecule has 0 saturated carbocycles. The van der Waals surface area contributed by atoms with E-state index in [0.717, 1.165) is 0 Å². The number of hydrogen-bond donors (Lipinski definition) is 2. The van der Waals surface area contributed by atoms with Crippen LogP contribution in [0.2, 0.25) is 10.0 Å². The molecule has 0 unspecified atom stereocenters. The molecule has 1 spiro atoms. The van der Waals surface area contributed by atoms with Crippen LogP contribution in [0.3, 0.4) is 0 Å². The fourth-order valence-electron chi connectivity index (χ4n) is 5.29. The summed E-state index contributed by atoms with van der Waals surface area (Å²) in [5, 5.41) is 7.22. The normalized spacial score (nSPS) is 29.1. The van der Waals surface area contributed by atoms with Crippen LogP contribution in [0.5, 0.6) is 0 Å². The lowest BCUT2D eigenvalue weighted by atomic mass is 9.76. The van der Waals surface area contributed by atoms with E-state index < -0.39 is 17.4 Å². The number of carbonyl (C=O) groups excluding carboxylic acids is 3. The Hall–Kier alpha value is -2.41. The van der Waals surface area contributed by atoms with E-state index in [1.807, 2.05) is 19.9 Å². The van der Waals surface area contributed by atoms with Gasteiger partial charge < -0.3 is 5.32 Å². The number of hydrogen-bond acceptors (Lipinski definition) is 4. The monoisotopic (exact) mass is 457 g/mol. The number of nitrogens with zero attached hydrogens (tertiary/aromatic N) is 1. The van der Waals surface area contributed by atoms with Gasteiger partial charge in [0.2, 0.25) is 17.7 Å². The molecule has 3 aliphatic heterocycles. The maximum Gasteiger partial charge on any atom is 0.250 e. The molecule has 0 aliphatic carbocycles. The molecular formula is C23H21Cl2N3O3. The second-order valence-electron chi connectivity index (χ2n) is 8.72. The highest BCUT2D eigenvalue weighted by molar-refractivity contribution is 6.31. The summed E-state index contributed by atoms with van der Waals surface area (Å²) < 4.78 is 0. The van der Waals surface area contributed by atoms with Gasteiger partial charge in [-0.25, -0.2) is 0 Å². The van der Waals surface area contributed by atoms with Crippen molar-refractivity contribution < 1.29 is 14.4 Å². The number of nitrogens with one attached hydrogen (secondary N) is 2. The lowest BCUT2D eigenvalue weighted by Crippen LogP contribution is -2.53. The van der Waals surface area contributed by atoms with Crippen LogP contribution in [0.4, 0.5) is 5.69 Å². The lowest BCUT2D eigenvalue weighted by Gasteiger charge is -2.30. The molecule has 2 fully saturated rings. The summed E-state index contributed by atoms with van der Waals surface area (Å²) in [6.07, 6.45) is 0. The van der Waals surface area contributed by atoms with Crippen LogP contribution in [-0.4, -0.2) is 28.7 Å². The maximum absolute atomic E-state index is 13.7. The smallest absolute Gasteiger partial charge is 0.250 e. The van der Waals surface area contributed by atoms with Crippen LogP contribution in [0, 0.1) is 17.8 Å². The molecule has 8 heteroatoms. The van der Waals surface area contributed by atoms with Crippen LogP contribution in [0.15, 0.2) is 42.5 Å². The second kappa shape index (κ2) is 7.05. The van der Waals surface area contributed by atoms with E-state index in [0.29, 0.717) is 26.9 Å². The molecule has 31 heavy (non-hydrogen) atoms. The van der Waals surface area contributed by atoms with Crippen LogP contribution in [0.1, 0.15) is 25.0 Å². The van der Waals surface area contributed by atoms with Crippen molar-refractivity contribution in [1.29, 1.82) is 0 Å². The first-order valence-corrected chi connectivity index (χ1v) is 11.0. The minimum Gasteiger partial charge on any atom is -0.324 e. The van der Waals surface area contributed by atoms with Crippen molar-refractivity contribution in [3.8, 4) is 0 Å². The Morgan fingerprint density at radius 2 is 1.81 bits per heavy atom. The standard InChI is InChI=1S/C23H21Cl2N3O3/c1-11(2)19-17-18(21(30)28(20(17)29)10-12-5-3-4-6-15(12)25)23(27-19)14-9-13(24)7-8-16(14)26-22(23)31/h3-9,11,17-19,27H,10H2,1-2H3,(H,26,31)/t17-,18-,19-,23+/m0/s1. The first kappa shape index (κ1) is 20.5. The third-order valence-corrected chi connectivity index (χ3v) is 7.31. The van der Waals surface area contributed by atoms with E-state index in [2.05, 4.69) is 10.6 Å². The minimum atomic E-state index is -1.33. The van der Waals surface area contributed by atoms with Gasteiger partial charge in [0.25, 0.3) is 0 Å². The Labute approximate surface area is 189 Å². The fraction of sp³-hybridized carbons (Fsp3) is 0.348. The summed E-state index contributed by atoms with van der Waals surface area (Å²) in [7, 11) is 0. The minimum absolute atomic E-state index is 0.0277. The average molecular weight is 458 g/mol. The number of halogens is 2. The SMILES string of the molecule is CC(C)[C@@H]1N[C@@]2(C(=O)Nc3ccc(Cl)cc32)[C@@H]2C(=O)N(Cc3ccccc3Cl)C(=O)[C@@H]21. The van der Waals surface area contributed by atoms with Gasteiger partial charge in [-0.3, -0.25) is 24.6 Å². The zero-order valence-electron chi connectivity index (χ0n) is 17.0. The van der Waals surface area contributed by atoms with Crippen LogP contribution >= 0.6 is 23.2 Å². The first-order chi connectivity index (χ1) is 14.8. The van der Waals surface area contributed by atoms with Gasteiger partial charge in [0.1, 0.15) is 5.54 Å². The molecule has 4 atom stereocenters. The summed E-state index contributed by atoms with van der Waals surface area (Å²) in [6.45, 7) is 4.04. The molecule has 3 aliphatic rings. The Morgan fingerprint density at radius 3 is 2.52 bits per heavy atom. The van der Waals surface area contributed by atoms with Crippen LogP contribution in [0.25, 0.3) is 0 Å². The molecule has 3 heterocycles. The molecule has 160 valence electrons. The molecule has 5 rings (SSSR count). The van der Waals surface area contributed by atoms with E-state index in [4.69, 9.17) is 23.2 Å². The summed E-state index contributed by atoms with van der Waals surface area (Å²) in [5.41, 5.74) is 0.578. The van der Waals surface area contributed by atoms with Gasteiger partial charge in [0.05, 0.1) is 18.4 Å². The van der Waals surface area contributed by atoms with E-state index in [1.54, 1.807) is 36.4 Å². The number of likely N-dealkylation sites (tertiary alicyclic amines) is 1. The molecule has 2 saturated heterocycles. The van der Waals surface area contributed by atoms with Gasteiger partial charge >= 0.3 is 0 Å². The Morgan fingerprint density at radius 1 is 1.06 bits per heavy atom. The number of benzene rings is 2. The zero-order valence-corrected chi connectivity index (χ0v) is 18.5. The van der Waals surface area contributed by atoms with Gasteiger partial charge in [0, 0.05) is 27.3 Å². The number of imide groups is 1. The molecular weight excluding hydrogens is 437 g/mol. The quantitative estimate of drug-likeness (QED) is 0.690. The van der Waals surface area contributed by atoms with Crippen molar-refractivity contribution in [1.82, 2.24) is 10.2 Å². The van der Waals surface area contributed by atoms with Crippen molar-refractivity contribution in [2.75, 3.05) is 5.32 Å².